The number of benzene rings is 3. The molecule has 1 unspecified atom stereocenters. The predicted molar refractivity (Wildman–Crippen MR) is 138 cm³/mol. The van der Waals surface area contributed by atoms with Crippen LogP contribution in [0.4, 0.5) is 5.69 Å². The number of hydrogen-bond donors (Lipinski definition) is 1. The van der Waals surface area contributed by atoms with Gasteiger partial charge in [-0.15, -0.1) is 0 Å². The summed E-state index contributed by atoms with van der Waals surface area (Å²) in [5, 5.41) is 11.6. The quantitative estimate of drug-likeness (QED) is 0.248. The van der Waals surface area contributed by atoms with E-state index >= 15 is 0 Å². The van der Waals surface area contributed by atoms with Crippen LogP contribution in [0.1, 0.15) is 31.0 Å². The molecular weight excluding hydrogens is 482 g/mol. The molecule has 1 N–H and O–H groups in total. The smallest absolute Gasteiger partial charge is 0.300 e. The Hall–Kier alpha value is -3.97. The summed E-state index contributed by atoms with van der Waals surface area (Å²) in [4.78, 5) is 28.0. The van der Waals surface area contributed by atoms with Gasteiger partial charge >= 0.3 is 0 Å². The van der Waals surface area contributed by atoms with Gasteiger partial charge in [0, 0.05) is 11.3 Å². The molecule has 1 heterocycles. The fraction of sp³-hybridized carbons (Fsp3) is 0.214. The lowest BCUT2D eigenvalue weighted by Crippen LogP contribution is -2.29. The van der Waals surface area contributed by atoms with Crippen molar-refractivity contribution in [3.63, 3.8) is 0 Å². The number of halogens is 1. The molecule has 3 aromatic carbocycles. The summed E-state index contributed by atoms with van der Waals surface area (Å²) in [6.45, 7) is 3.84. The van der Waals surface area contributed by atoms with Crippen LogP contribution in [0.15, 0.2) is 72.3 Å². The van der Waals surface area contributed by atoms with E-state index in [0.29, 0.717) is 39.1 Å². The molecule has 1 saturated heterocycles. The second-order valence-electron chi connectivity index (χ2n) is 8.45. The number of Topliss-reactive ketones (excluding diaryl/α,β-unsaturated/α-hetero) is 1. The van der Waals surface area contributed by atoms with Crippen LogP contribution in [0.25, 0.3) is 5.76 Å². The van der Waals surface area contributed by atoms with E-state index in [1.807, 2.05) is 13.8 Å². The molecule has 0 aliphatic carbocycles. The van der Waals surface area contributed by atoms with Crippen molar-refractivity contribution in [2.45, 2.75) is 26.0 Å². The number of carbonyl (C=O) groups excluding carboxylic acids is 2. The zero-order chi connectivity index (χ0) is 26.0. The monoisotopic (exact) mass is 507 g/mol. The van der Waals surface area contributed by atoms with Crippen molar-refractivity contribution < 1.29 is 28.9 Å². The number of rotatable bonds is 7. The second kappa shape index (κ2) is 10.3. The van der Waals surface area contributed by atoms with E-state index in [4.69, 9.17) is 25.8 Å². The maximum absolute atomic E-state index is 13.3. The Bertz CT molecular complexity index is 1310. The number of anilines is 1. The zero-order valence-electron chi connectivity index (χ0n) is 20.3. The Labute approximate surface area is 214 Å². The third-order valence-corrected chi connectivity index (χ3v) is 6.10. The molecule has 1 atom stereocenters. The Morgan fingerprint density at radius 2 is 1.56 bits per heavy atom. The average molecular weight is 508 g/mol. The molecule has 186 valence electrons. The highest BCUT2D eigenvalue weighted by Crippen LogP contribution is 2.43. The number of aliphatic hydroxyl groups is 1. The number of amides is 1. The Kier molecular flexibility index (Phi) is 7.22. The Morgan fingerprint density at radius 3 is 2.14 bits per heavy atom. The maximum atomic E-state index is 13.3. The molecule has 0 spiro atoms. The van der Waals surface area contributed by atoms with E-state index in [1.54, 1.807) is 67.8 Å². The first-order chi connectivity index (χ1) is 17.2. The van der Waals surface area contributed by atoms with Crippen molar-refractivity contribution in [1.29, 1.82) is 0 Å². The molecular formula is C28H26ClNO6. The highest BCUT2D eigenvalue weighted by molar-refractivity contribution is 6.51. The van der Waals surface area contributed by atoms with Gasteiger partial charge in [0.1, 0.15) is 23.0 Å². The van der Waals surface area contributed by atoms with Crippen molar-refractivity contribution in [3.05, 3.63) is 88.5 Å². The number of carbonyl (C=O) groups is 2. The Morgan fingerprint density at radius 1 is 0.917 bits per heavy atom. The van der Waals surface area contributed by atoms with Gasteiger partial charge in [0.2, 0.25) is 0 Å². The number of nitrogens with zero attached hydrogens (tertiary/aromatic N) is 1. The minimum atomic E-state index is -0.880. The van der Waals surface area contributed by atoms with Crippen molar-refractivity contribution in [1.82, 2.24) is 0 Å². The summed E-state index contributed by atoms with van der Waals surface area (Å²) in [7, 11) is 3.00. The van der Waals surface area contributed by atoms with Gasteiger partial charge in [-0.1, -0.05) is 23.7 Å². The van der Waals surface area contributed by atoms with Gasteiger partial charge < -0.3 is 19.3 Å². The molecule has 0 saturated carbocycles. The highest BCUT2D eigenvalue weighted by Gasteiger charge is 2.47. The summed E-state index contributed by atoms with van der Waals surface area (Å²) in [5.41, 5.74) is 1.37. The summed E-state index contributed by atoms with van der Waals surface area (Å²) in [6.07, 6.45) is -0.0132. The summed E-state index contributed by atoms with van der Waals surface area (Å²) >= 11 is 6.14. The molecule has 3 aromatic rings. The average Bonchev–Trinajstić information content (AvgIpc) is 3.14. The molecule has 0 radical (unpaired) electrons. The van der Waals surface area contributed by atoms with Gasteiger partial charge in [0.15, 0.2) is 0 Å². The number of aliphatic hydroxyl groups excluding tert-OH is 1. The van der Waals surface area contributed by atoms with E-state index < -0.39 is 17.7 Å². The fourth-order valence-corrected chi connectivity index (χ4v) is 4.32. The summed E-state index contributed by atoms with van der Waals surface area (Å²) in [6, 6.07) is 17.7. The van der Waals surface area contributed by atoms with Gasteiger partial charge in [-0.3, -0.25) is 14.5 Å². The maximum Gasteiger partial charge on any atom is 0.300 e. The molecule has 0 aromatic heterocycles. The topological polar surface area (TPSA) is 85.3 Å². The van der Waals surface area contributed by atoms with Crippen molar-refractivity contribution in [3.8, 4) is 17.2 Å². The van der Waals surface area contributed by atoms with Gasteiger partial charge in [0.25, 0.3) is 11.7 Å². The SMILES string of the molecule is COc1ccc(C2/C(=C(/O)c3ccc(Cl)c(OC)c3)C(=O)C(=O)N2c2ccc(OC(C)C)cc2)cc1. The van der Waals surface area contributed by atoms with E-state index in [-0.39, 0.29) is 17.4 Å². The molecule has 1 aliphatic heterocycles. The first-order valence-corrected chi connectivity index (χ1v) is 11.7. The number of ether oxygens (including phenoxy) is 3. The molecule has 1 fully saturated rings. The lowest BCUT2D eigenvalue weighted by atomic mass is 9.95. The van der Waals surface area contributed by atoms with Crippen molar-refractivity contribution in [2.75, 3.05) is 19.1 Å². The van der Waals surface area contributed by atoms with Crippen LogP contribution in [0.2, 0.25) is 5.02 Å². The van der Waals surface area contributed by atoms with Crippen LogP contribution in [0.3, 0.4) is 0 Å². The van der Waals surface area contributed by atoms with Gasteiger partial charge in [0.05, 0.1) is 37.0 Å². The van der Waals surface area contributed by atoms with Crippen LogP contribution in [-0.2, 0) is 9.59 Å². The largest absolute Gasteiger partial charge is 0.507 e. The fourth-order valence-electron chi connectivity index (χ4n) is 4.12. The van der Waals surface area contributed by atoms with Gasteiger partial charge in [-0.05, 0) is 74.0 Å². The Balaban J connectivity index is 1.88. The molecule has 8 heteroatoms. The molecule has 1 amide bonds. The van der Waals surface area contributed by atoms with Crippen LogP contribution in [0, 0.1) is 0 Å². The lowest BCUT2D eigenvalue weighted by Gasteiger charge is -2.26. The van der Waals surface area contributed by atoms with Gasteiger partial charge in [-0.2, -0.15) is 0 Å². The van der Waals surface area contributed by atoms with E-state index in [2.05, 4.69) is 0 Å². The summed E-state index contributed by atoms with van der Waals surface area (Å²) in [5.74, 6) is -0.295. The van der Waals surface area contributed by atoms with Gasteiger partial charge in [-0.25, -0.2) is 0 Å². The second-order valence-corrected chi connectivity index (χ2v) is 8.86. The summed E-state index contributed by atoms with van der Waals surface area (Å²) < 4.78 is 16.2. The predicted octanol–water partition coefficient (Wildman–Crippen LogP) is 5.77. The van der Waals surface area contributed by atoms with E-state index in [0.717, 1.165) is 0 Å². The van der Waals surface area contributed by atoms with Crippen molar-refractivity contribution in [2.24, 2.45) is 0 Å². The third-order valence-electron chi connectivity index (χ3n) is 5.79. The molecule has 36 heavy (non-hydrogen) atoms. The minimum Gasteiger partial charge on any atom is -0.507 e. The molecule has 1 aliphatic rings. The first kappa shape index (κ1) is 25.1. The number of hydrogen-bond acceptors (Lipinski definition) is 6. The van der Waals surface area contributed by atoms with E-state index in [9.17, 15) is 14.7 Å². The van der Waals surface area contributed by atoms with E-state index in [1.165, 1.54) is 18.1 Å². The zero-order valence-corrected chi connectivity index (χ0v) is 21.1. The molecule has 4 rings (SSSR count). The highest BCUT2D eigenvalue weighted by atomic mass is 35.5. The van der Waals surface area contributed by atoms with Crippen LogP contribution >= 0.6 is 11.6 Å². The number of ketones is 1. The van der Waals surface area contributed by atoms with Crippen LogP contribution in [0.5, 0.6) is 17.2 Å². The van der Waals surface area contributed by atoms with Crippen LogP contribution in [-0.4, -0.2) is 37.1 Å². The van der Waals surface area contributed by atoms with Crippen LogP contribution < -0.4 is 19.1 Å². The first-order valence-electron chi connectivity index (χ1n) is 11.3. The molecule has 7 nitrogen and oxygen atoms in total. The standard InChI is InChI=1S/C28H26ClNO6/c1-16(2)36-21-12-8-19(9-13-21)30-25(17-5-10-20(34-3)11-6-17)24(27(32)28(30)33)26(31)18-7-14-22(29)23(15-18)35-4/h5-16,25,31H,1-4H3/b26-24-. The minimum absolute atomic E-state index is 0.0132. The lowest BCUT2D eigenvalue weighted by molar-refractivity contribution is -0.132. The molecule has 0 bridgehead atoms. The normalized spacial score (nSPS) is 16.9. The van der Waals surface area contributed by atoms with Crippen molar-refractivity contribution >= 4 is 34.7 Å². The number of methoxy groups -OCH3 is 2. The third kappa shape index (κ3) is 4.75.